The zero-order valence-corrected chi connectivity index (χ0v) is 13.2. The van der Waals surface area contributed by atoms with E-state index in [4.69, 9.17) is 11.6 Å². The topological polar surface area (TPSA) is 79.3 Å². The largest absolute Gasteiger partial charge is 0.481 e. The Morgan fingerprint density at radius 2 is 2.27 bits per heavy atom. The molecule has 0 aromatic carbocycles. The molecular formula is C15H18ClFN2O3. The van der Waals surface area contributed by atoms with Crippen molar-refractivity contribution in [1.29, 1.82) is 0 Å². The Hall–Kier alpha value is -1.53. The standard InChI is InChI=1S/C15H18ClFN2O3/c1-8-6-15(14(21)22,3-4-18-8)7-11-13(17)10(9(2)20)5-12(16)19-11/h5,8,18H,3-4,6-7H2,1-2H3,(H,21,22)/t8-,15-/m1/s1. The van der Waals surface area contributed by atoms with Crippen molar-refractivity contribution in [2.24, 2.45) is 5.41 Å². The van der Waals surface area contributed by atoms with Crippen molar-refractivity contribution in [3.8, 4) is 0 Å². The van der Waals surface area contributed by atoms with Crippen molar-refractivity contribution in [2.75, 3.05) is 6.54 Å². The molecule has 2 atom stereocenters. The summed E-state index contributed by atoms with van der Waals surface area (Å²) < 4.78 is 14.4. The van der Waals surface area contributed by atoms with Crippen LogP contribution in [0.25, 0.3) is 0 Å². The summed E-state index contributed by atoms with van der Waals surface area (Å²) in [5.41, 5.74) is -1.32. The minimum Gasteiger partial charge on any atom is -0.481 e. The molecule has 0 bridgehead atoms. The molecule has 0 amide bonds. The first-order valence-corrected chi connectivity index (χ1v) is 7.45. The number of hydrogen-bond acceptors (Lipinski definition) is 4. The summed E-state index contributed by atoms with van der Waals surface area (Å²) in [4.78, 5) is 27.2. The first-order chi connectivity index (χ1) is 10.2. The second-order valence-corrected chi connectivity index (χ2v) is 6.27. The van der Waals surface area contributed by atoms with Crippen LogP contribution in [-0.4, -0.2) is 34.4 Å². The third kappa shape index (κ3) is 3.28. The van der Waals surface area contributed by atoms with Crippen LogP contribution in [0, 0.1) is 11.2 Å². The van der Waals surface area contributed by atoms with E-state index in [9.17, 15) is 19.1 Å². The number of Topliss-reactive ketones (excluding diaryl/α,β-unsaturated/α-hetero) is 1. The number of nitrogens with zero attached hydrogens (tertiary/aromatic N) is 1. The summed E-state index contributed by atoms with van der Waals surface area (Å²) in [5, 5.41) is 12.8. The molecule has 1 aliphatic heterocycles. The normalized spacial score (nSPS) is 25.0. The molecule has 5 nitrogen and oxygen atoms in total. The molecule has 0 unspecified atom stereocenters. The highest BCUT2D eigenvalue weighted by atomic mass is 35.5. The lowest BCUT2D eigenvalue weighted by Crippen LogP contribution is -2.48. The average molecular weight is 329 g/mol. The van der Waals surface area contributed by atoms with E-state index >= 15 is 0 Å². The second-order valence-electron chi connectivity index (χ2n) is 5.88. The number of carbonyl (C=O) groups excluding carboxylic acids is 1. The molecule has 2 N–H and O–H groups in total. The van der Waals surface area contributed by atoms with Gasteiger partial charge in [0, 0.05) is 12.5 Å². The van der Waals surface area contributed by atoms with Gasteiger partial charge in [0.25, 0.3) is 0 Å². The summed E-state index contributed by atoms with van der Waals surface area (Å²) in [6.07, 6.45) is 0.655. The van der Waals surface area contributed by atoms with Gasteiger partial charge in [-0.05, 0) is 39.3 Å². The molecule has 1 aromatic heterocycles. The maximum absolute atomic E-state index is 14.4. The molecular weight excluding hydrogens is 311 g/mol. The number of rotatable bonds is 4. The Kier molecular flexibility index (Phi) is 4.82. The van der Waals surface area contributed by atoms with E-state index in [-0.39, 0.29) is 28.9 Å². The fourth-order valence-electron chi connectivity index (χ4n) is 2.99. The number of ketones is 1. The van der Waals surface area contributed by atoms with E-state index in [1.54, 1.807) is 0 Å². The highest BCUT2D eigenvalue weighted by Gasteiger charge is 2.43. The number of nitrogens with one attached hydrogen (secondary N) is 1. The van der Waals surface area contributed by atoms with Crippen LogP contribution in [0.5, 0.6) is 0 Å². The minimum absolute atomic E-state index is 0.0101. The molecule has 1 fully saturated rings. The van der Waals surface area contributed by atoms with Crippen LogP contribution in [0.1, 0.15) is 42.7 Å². The van der Waals surface area contributed by atoms with Gasteiger partial charge in [-0.15, -0.1) is 0 Å². The number of aliphatic carboxylic acids is 1. The van der Waals surface area contributed by atoms with Crippen molar-refractivity contribution < 1.29 is 19.1 Å². The lowest BCUT2D eigenvalue weighted by molar-refractivity contribution is -0.151. The van der Waals surface area contributed by atoms with E-state index in [0.29, 0.717) is 19.4 Å². The van der Waals surface area contributed by atoms with Crippen LogP contribution < -0.4 is 5.32 Å². The Balaban J connectivity index is 2.43. The zero-order valence-electron chi connectivity index (χ0n) is 12.4. The summed E-state index contributed by atoms with van der Waals surface area (Å²) in [6, 6.07) is 1.18. The van der Waals surface area contributed by atoms with Gasteiger partial charge in [-0.3, -0.25) is 9.59 Å². The number of carbonyl (C=O) groups is 2. The van der Waals surface area contributed by atoms with Crippen LogP contribution in [0.15, 0.2) is 6.07 Å². The Bertz CT molecular complexity index is 623. The van der Waals surface area contributed by atoms with Crippen LogP contribution in [-0.2, 0) is 11.2 Å². The lowest BCUT2D eigenvalue weighted by Gasteiger charge is -2.37. The molecule has 120 valence electrons. The fourth-order valence-corrected chi connectivity index (χ4v) is 3.20. The molecule has 0 spiro atoms. The maximum Gasteiger partial charge on any atom is 0.310 e. The SMILES string of the molecule is CC(=O)c1cc(Cl)nc(C[C@@]2(C(=O)O)CCN[C@H](C)C2)c1F. The van der Waals surface area contributed by atoms with Gasteiger partial charge < -0.3 is 10.4 Å². The first kappa shape index (κ1) is 16.8. The van der Waals surface area contributed by atoms with Crippen molar-refractivity contribution in [3.63, 3.8) is 0 Å². The number of piperidine rings is 1. The molecule has 22 heavy (non-hydrogen) atoms. The summed E-state index contributed by atoms with van der Waals surface area (Å²) in [6.45, 7) is 3.66. The Morgan fingerprint density at radius 1 is 1.59 bits per heavy atom. The third-order valence-corrected chi connectivity index (χ3v) is 4.32. The van der Waals surface area contributed by atoms with E-state index in [1.807, 2.05) is 6.92 Å². The molecule has 1 aromatic rings. The van der Waals surface area contributed by atoms with E-state index < -0.39 is 23.0 Å². The number of halogens is 2. The minimum atomic E-state index is -1.10. The average Bonchev–Trinajstić information content (AvgIpc) is 2.42. The highest BCUT2D eigenvalue weighted by molar-refractivity contribution is 6.29. The van der Waals surface area contributed by atoms with Gasteiger partial charge in [0.2, 0.25) is 0 Å². The second kappa shape index (κ2) is 6.30. The fraction of sp³-hybridized carbons (Fsp3) is 0.533. The van der Waals surface area contributed by atoms with E-state index in [0.717, 1.165) is 0 Å². The van der Waals surface area contributed by atoms with Crippen LogP contribution in [0.4, 0.5) is 4.39 Å². The van der Waals surface area contributed by atoms with Crippen molar-refractivity contribution in [1.82, 2.24) is 10.3 Å². The van der Waals surface area contributed by atoms with Crippen molar-refractivity contribution in [2.45, 2.75) is 39.2 Å². The van der Waals surface area contributed by atoms with Crippen LogP contribution in [0.2, 0.25) is 5.15 Å². The number of pyridine rings is 1. The lowest BCUT2D eigenvalue weighted by atomic mass is 9.73. The zero-order chi connectivity index (χ0) is 16.5. The molecule has 1 saturated heterocycles. The van der Waals surface area contributed by atoms with Crippen molar-refractivity contribution >= 4 is 23.4 Å². The molecule has 1 aliphatic rings. The molecule has 2 rings (SSSR count). The van der Waals surface area contributed by atoms with Gasteiger partial charge in [0.05, 0.1) is 16.7 Å². The number of hydrogen-bond donors (Lipinski definition) is 2. The van der Waals surface area contributed by atoms with E-state index in [1.165, 1.54) is 13.0 Å². The van der Waals surface area contributed by atoms with Gasteiger partial charge in [-0.25, -0.2) is 9.37 Å². The van der Waals surface area contributed by atoms with Crippen LogP contribution in [0.3, 0.4) is 0 Å². The smallest absolute Gasteiger partial charge is 0.310 e. The molecule has 0 saturated carbocycles. The maximum atomic E-state index is 14.4. The van der Waals surface area contributed by atoms with Crippen molar-refractivity contribution in [3.05, 3.63) is 28.3 Å². The quantitative estimate of drug-likeness (QED) is 0.655. The number of aromatic nitrogens is 1. The number of carboxylic acid groups (broad SMARTS) is 1. The summed E-state index contributed by atoms with van der Waals surface area (Å²) in [7, 11) is 0. The molecule has 0 aliphatic carbocycles. The summed E-state index contributed by atoms with van der Waals surface area (Å²) >= 11 is 5.85. The molecule has 0 radical (unpaired) electrons. The van der Waals surface area contributed by atoms with Crippen LogP contribution >= 0.6 is 11.6 Å². The first-order valence-electron chi connectivity index (χ1n) is 7.08. The predicted octanol–water partition coefficient (Wildman–Crippen LogP) is 2.46. The van der Waals surface area contributed by atoms with E-state index in [2.05, 4.69) is 10.3 Å². The van der Waals surface area contributed by atoms with Gasteiger partial charge in [-0.1, -0.05) is 11.6 Å². The van der Waals surface area contributed by atoms with Gasteiger partial charge in [-0.2, -0.15) is 0 Å². The molecule has 2 heterocycles. The van der Waals surface area contributed by atoms with Gasteiger partial charge in [0.1, 0.15) is 5.15 Å². The number of carboxylic acids is 1. The summed E-state index contributed by atoms with van der Waals surface area (Å²) in [5.74, 6) is -2.22. The predicted molar refractivity (Wildman–Crippen MR) is 79.7 cm³/mol. The van der Waals surface area contributed by atoms with Gasteiger partial charge >= 0.3 is 5.97 Å². The third-order valence-electron chi connectivity index (χ3n) is 4.13. The Labute approximate surface area is 132 Å². The Morgan fingerprint density at radius 3 is 2.82 bits per heavy atom. The van der Waals surface area contributed by atoms with Gasteiger partial charge in [0.15, 0.2) is 11.6 Å². The molecule has 7 heteroatoms. The highest BCUT2D eigenvalue weighted by Crippen LogP contribution is 2.36. The monoisotopic (exact) mass is 328 g/mol.